The van der Waals surface area contributed by atoms with Gasteiger partial charge in [-0.2, -0.15) is 0 Å². The predicted molar refractivity (Wildman–Crippen MR) is 126 cm³/mol. The van der Waals surface area contributed by atoms with Crippen molar-refractivity contribution in [2.24, 2.45) is 0 Å². The lowest BCUT2D eigenvalue weighted by atomic mass is 9.97. The second-order valence-electron chi connectivity index (χ2n) is 8.31. The normalized spacial score (nSPS) is 19.4. The molecule has 3 heterocycles. The van der Waals surface area contributed by atoms with Gasteiger partial charge >= 0.3 is 0 Å². The highest BCUT2D eigenvalue weighted by Gasteiger charge is 2.29. The quantitative estimate of drug-likeness (QED) is 0.688. The zero-order valence-electron chi connectivity index (χ0n) is 18.2. The Labute approximate surface area is 195 Å². The molecule has 0 saturated carbocycles. The number of hydrogen-bond donors (Lipinski definition) is 1. The monoisotopic (exact) mass is 473 g/mol. The number of nitrogens with one attached hydrogen (secondary N) is 1. The second kappa shape index (κ2) is 10.0. The van der Waals surface area contributed by atoms with Gasteiger partial charge < -0.3 is 15.0 Å². The molecule has 170 valence electrons. The predicted octanol–water partition coefficient (Wildman–Crippen LogP) is 3.71. The summed E-state index contributed by atoms with van der Waals surface area (Å²) in [5.41, 5.74) is 1.03. The minimum absolute atomic E-state index is 0.0212. The molecule has 0 radical (unpaired) electrons. The van der Waals surface area contributed by atoms with Crippen LogP contribution in [0, 0.1) is 0 Å². The Hall–Kier alpha value is -2.39. The lowest BCUT2D eigenvalue weighted by molar-refractivity contribution is -0.112. The molecule has 1 atom stereocenters. The fourth-order valence-electron chi connectivity index (χ4n) is 3.90. The number of piperidine rings is 1. The van der Waals surface area contributed by atoms with E-state index in [0.29, 0.717) is 30.8 Å². The molecule has 0 spiro atoms. The van der Waals surface area contributed by atoms with Gasteiger partial charge in [0, 0.05) is 35.7 Å². The van der Waals surface area contributed by atoms with Gasteiger partial charge in [-0.25, -0.2) is 4.98 Å². The van der Waals surface area contributed by atoms with E-state index in [2.05, 4.69) is 10.3 Å². The molecule has 7 nitrogen and oxygen atoms in total. The highest BCUT2D eigenvalue weighted by atomic mass is 32.2. The number of ether oxygens (including phenoxy) is 1. The average molecular weight is 474 g/mol. The number of thiazole rings is 1. The van der Waals surface area contributed by atoms with E-state index in [0.717, 1.165) is 29.4 Å². The zero-order valence-corrected chi connectivity index (χ0v) is 19.8. The topological polar surface area (TPSA) is 88.6 Å². The van der Waals surface area contributed by atoms with Gasteiger partial charge in [0.15, 0.2) is 0 Å². The minimum Gasteiger partial charge on any atom is -0.491 e. The third kappa shape index (κ3) is 5.32. The van der Waals surface area contributed by atoms with Gasteiger partial charge in [-0.3, -0.25) is 14.4 Å². The van der Waals surface area contributed by atoms with Gasteiger partial charge in [-0.1, -0.05) is 11.8 Å². The Morgan fingerprint density at radius 2 is 1.88 bits per heavy atom. The Balaban J connectivity index is 1.30. The third-order valence-electron chi connectivity index (χ3n) is 5.60. The fraction of sp³-hybridized carbons (Fsp3) is 0.478. The second-order valence-corrected chi connectivity index (χ2v) is 10.3. The van der Waals surface area contributed by atoms with Crippen molar-refractivity contribution >= 4 is 40.0 Å². The van der Waals surface area contributed by atoms with Crippen molar-refractivity contribution in [1.82, 2.24) is 15.2 Å². The van der Waals surface area contributed by atoms with Crippen molar-refractivity contribution < 1.29 is 19.1 Å². The number of nitrogens with zero attached hydrogens (tertiary/aromatic N) is 2. The summed E-state index contributed by atoms with van der Waals surface area (Å²) in [4.78, 5) is 43.4. The maximum absolute atomic E-state index is 12.9. The molecule has 1 unspecified atom stereocenters. The van der Waals surface area contributed by atoms with E-state index in [9.17, 15) is 14.4 Å². The number of amides is 2. The van der Waals surface area contributed by atoms with Crippen LogP contribution in [0.1, 0.15) is 64.9 Å². The highest BCUT2D eigenvalue weighted by molar-refractivity contribution is 8.14. The van der Waals surface area contributed by atoms with E-state index in [4.69, 9.17) is 4.74 Å². The maximum atomic E-state index is 12.9. The number of thioether (sulfide) groups is 1. The van der Waals surface area contributed by atoms with Gasteiger partial charge in [0.25, 0.3) is 11.8 Å². The van der Waals surface area contributed by atoms with E-state index in [1.54, 1.807) is 5.38 Å². The lowest BCUT2D eigenvalue weighted by Gasteiger charge is -2.31. The number of carbonyl (C=O) groups is 3. The summed E-state index contributed by atoms with van der Waals surface area (Å²) in [5.74, 6) is 1.48. The van der Waals surface area contributed by atoms with Crippen LogP contribution in [0.4, 0.5) is 0 Å². The Morgan fingerprint density at radius 3 is 2.50 bits per heavy atom. The summed E-state index contributed by atoms with van der Waals surface area (Å²) in [6.45, 7) is 5.25. The molecule has 0 bridgehead atoms. The number of carbonyl (C=O) groups excluding carboxylic acids is 3. The Kier molecular flexibility index (Phi) is 7.15. The van der Waals surface area contributed by atoms with E-state index in [1.807, 2.05) is 43.0 Å². The number of aromatic nitrogens is 1. The molecule has 2 fully saturated rings. The van der Waals surface area contributed by atoms with Gasteiger partial charge in [-0.15, -0.1) is 11.3 Å². The van der Waals surface area contributed by atoms with Crippen LogP contribution in [0.15, 0.2) is 29.6 Å². The molecule has 1 aromatic carbocycles. The van der Waals surface area contributed by atoms with Crippen molar-refractivity contribution in [2.45, 2.75) is 51.2 Å². The SMILES string of the molecule is CC(C)Oc1ccc(C(=O)N2CCC(c3nc(C(=O)NC4CCSC4=O)cs3)CC2)cc1. The first-order valence-electron chi connectivity index (χ1n) is 10.9. The van der Waals surface area contributed by atoms with E-state index >= 15 is 0 Å². The van der Waals surface area contributed by atoms with Crippen LogP contribution < -0.4 is 10.1 Å². The molecule has 32 heavy (non-hydrogen) atoms. The summed E-state index contributed by atoms with van der Waals surface area (Å²) < 4.78 is 5.64. The molecule has 9 heteroatoms. The first-order valence-corrected chi connectivity index (χ1v) is 12.8. The van der Waals surface area contributed by atoms with Gasteiger partial charge in [-0.05, 0) is 57.4 Å². The first-order chi connectivity index (χ1) is 15.4. The van der Waals surface area contributed by atoms with Crippen LogP contribution in [0.3, 0.4) is 0 Å². The molecular weight excluding hydrogens is 446 g/mol. The molecule has 2 aliphatic heterocycles. The molecule has 2 amide bonds. The molecular formula is C23H27N3O4S2. The largest absolute Gasteiger partial charge is 0.491 e. The maximum Gasteiger partial charge on any atom is 0.271 e. The Bertz CT molecular complexity index is 981. The molecule has 1 aromatic heterocycles. The van der Waals surface area contributed by atoms with Crippen LogP contribution >= 0.6 is 23.1 Å². The van der Waals surface area contributed by atoms with Gasteiger partial charge in [0.2, 0.25) is 5.12 Å². The first kappa shape index (κ1) is 22.8. The number of likely N-dealkylation sites (tertiary alicyclic amines) is 1. The molecule has 2 saturated heterocycles. The molecule has 2 aromatic rings. The van der Waals surface area contributed by atoms with Crippen LogP contribution in [-0.2, 0) is 4.79 Å². The third-order valence-corrected chi connectivity index (χ3v) is 7.62. The van der Waals surface area contributed by atoms with Crippen LogP contribution in [0.5, 0.6) is 5.75 Å². The van der Waals surface area contributed by atoms with E-state index in [-0.39, 0.29) is 29.0 Å². The summed E-state index contributed by atoms with van der Waals surface area (Å²) in [7, 11) is 0. The molecule has 2 aliphatic rings. The van der Waals surface area contributed by atoms with Gasteiger partial charge in [0.05, 0.1) is 17.2 Å². The number of benzene rings is 1. The summed E-state index contributed by atoms with van der Waals surface area (Å²) in [6, 6.07) is 6.88. The number of rotatable bonds is 6. The summed E-state index contributed by atoms with van der Waals surface area (Å²) in [5, 5.41) is 5.49. The van der Waals surface area contributed by atoms with Crippen LogP contribution in [-0.4, -0.2) is 57.8 Å². The van der Waals surface area contributed by atoms with E-state index < -0.39 is 6.04 Å². The van der Waals surface area contributed by atoms with Crippen molar-refractivity contribution in [1.29, 1.82) is 0 Å². The zero-order chi connectivity index (χ0) is 22.7. The van der Waals surface area contributed by atoms with Crippen LogP contribution in [0.25, 0.3) is 0 Å². The smallest absolute Gasteiger partial charge is 0.271 e. The standard InChI is InChI=1S/C23H27N3O4S2/c1-14(2)30-17-5-3-16(4-6-17)22(28)26-10-7-15(8-11-26)21-25-19(13-32-21)20(27)24-18-9-12-31-23(18)29/h3-6,13-15,18H,7-12H2,1-2H3,(H,24,27). The highest BCUT2D eigenvalue weighted by Crippen LogP contribution is 2.31. The number of hydrogen-bond acceptors (Lipinski definition) is 7. The van der Waals surface area contributed by atoms with E-state index in [1.165, 1.54) is 23.1 Å². The minimum atomic E-state index is -0.405. The Morgan fingerprint density at radius 1 is 1.16 bits per heavy atom. The van der Waals surface area contributed by atoms with Crippen molar-refractivity contribution in [3.63, 3.8) is 0 Å². The van der Waals surface area contributed by atoms with Crippen molar-refractivity contribution in [2.75, 3.05) is 18.8 Å². The van der Waals surface area contributed by atoms with Crippen molar-refractivity contribution in [3.8, 4) is 5.75 Å². The summed E-state index contributed by atoms with van der Waals surface area (Å²) in [6.07, 6.45) is 2.39. The van der Waals surface area contributed by atoms with Crippen molar-refractivity contribution in [3.05, 3.63) is 45.9 Å². The lowest BCUT2D eigenvalue weighted by Crippen LogP contribution is -2.38. The summed E-state index contributed by atoms with van der Waals surface area (Å²) >= 11 is 2.74. The molecule has 4 rings (SSSR count). The molecule has 1 N–H and O–H groups in total. The fourth-order valence-corrected chi connectivity index (χ4v) is 5.80. The molecule has 0 aliphatic carbocycles. The van der Waals surface area contributed by atoms with Crippen LogP contribution in [0.2, 0.25) is 0 Å². The average Bonchev–Trinajstić information content (AvgIpc) is 3.43. The van der Waals surface area contributed by atoms with Gasteiger partial charge in [0.1, 0.15) is 11.4 Å².